The summed E-state index contributed by atoms with van der Waals surface area (Å²) in [5, 5.41) is 0.0725. The molecule has 2 heterocycles. The van der Waals surface area contributed by atoms with E-state index in [0.717, 1.165) is 24.5 Å². The van der Waals surface area contributed by atoms with Crippen LogP contribution in [0.3, 0.4) is 0 Å². The fourth-order valence-electron chi connectivity index (χ4n) is 3.37. The molecule has 0 radical (unpaired) electrons. The van der Waals surface area contributed by atoms with Crippen LogP contribution in [0.2, 0.25) is 0 Å². The molecule has 6 nitrogen and oxygen atoms in total. The van der Waals surface area contributed by atoms with Gasteiger partial charge < -0.3 is 14.5 Å². The van der Waals surface area contributed by atoms with Gasteiger partial charge in [0.25, 0.3) is 0 Å². The molecule has 1 amide bonds. The first-order chi connectivity index (χ1) is 12.5. The third-order valence-electron chi connectivity index (χ3n) is 4.77. The first-order valence-corrected chi connectivity index (χ1v) is 11.9. The maximum absolute atomic E-state index is 12.4. The standard InChI is InChI=1S/C18H26N2O4S2/c1-2-24-17-6-4-3-5-16(17)19-8-10-20(11-9-19)18(21)13-25-15-7-12-26(22,23)14-15/h3-6,15H,2,7-14H2,1H3/t15-/m1/s1. The number of rotatable bonds is 6. The summed E-state index contributed by atoms with van der Waals surface area (Å²) >= 11 is 1.49. The van der Waals surface area contributed by atoms with Crippen molar-refractivity contribution in [1.29, 1.82) is 0 Å². The van der Waals surface area contributed by atoms with E-state index in [9.17, 15) is 13.2 Å². The van der Waals surface area contributed by atoms with Crippen molar-refractivity contribution in [3.63, 3.8) is 0 Å². The molecule has 8 heteroatoms. The Kier molecular flexibility index (Phi) is 6.34. The lowest BCUT2D eigenvalue weighted by Crippen LogP contribution is -2.49. The topological polar surface area (TPSA) is 66.9 Å². The van der Waals surface area contributed by atoms with Gasteiger partial charge in [0.2, 0.25) is 5.91 Å². The molecule has 1 aromatic carbocycles. The van der Waals surface area contributed by atoms with Crippen LogP contribution in [-0.4, -0.2) is 74.5 Å². The maximum Gasteiger partial charge on any atom is 0.232 e. The number of piperazine rings is 1. The molecular weight excluding hydrogens is 372 g/mol. The summed E-state index contributed by atoms with van der Waals surface area (Å²) in [5.41, 5.74) is 1.08. The van der Waals surface area contributed by atoms with E-state index in [1.54, 1.807) is 0 Å². The Bertz CT molecular complexity index is 730. The van der Waals surface area contributed by atoms with Crippen LogP contribution in [0, 0.1) is 0 Å². The maximum atomic E-state index is 12.4. The van der Waals surface area contributed by atoms with Gasteiger partial charge in [-0.2, -0.15) is 0 Å². The van der Waals surface area contributed by atoms with E-state index in [-0.39, 0.29) is 22.7 Å². The molecule has 0 N–H and O–H groups in total. The minimum absolute atomic E-state index is 0.0725. The van der Waals surface area contributed by atoms with Crippen molar-refractivity contribution in [2.24, 2.45) is 0 Å². The molecule has 0 spiro atoms. The molecule has 0 saturated carbocycles. The highest BCUT2D eigenvalue weighted by Gasteiger charge is 2.29. The number of benzene rings is 1. The minimum Gasteiger partial charge on any atom is -0.492 e. The molecule has 0 bridgehead atoms. The van der Waals surface area contributed by atoms with Gasteiger partial charge in [0.15, 0.2) is 9.84 Å². The third kappa shape index (κ3) is 4.85. The van der Waals surface area contributed by atoms with Gasteiger partial charge in [-0.25, -0.2) is 8.42 Å². The van der Waals surface area contributed by atoms with Crippen LogP contribution in [-0.2, 0) is 14.6 Å². The predicted molar refractivity (Wildman–Crippen MR) is 106 cm³/mol. The lowest BCUT2D eigenvalue weighted by atomic mass is 10.2. The summed E-state index contributed by atoms with van der Waals surface area (Å²) in [5.74, 6) is 1.84. The number of carbonyl (C=O) groups excluding carboxylic acids is 1. The molecule has 144 valence electrons. The number of hydrogen-bond acceptors (Lipinski definition) is 6. The van der Waals surface area contributed by atoms with Gasteiger partial charge in [-0.05, 0) is 25.5 Å². The average molecular weight is 399 g/mol. The molecule has 1 aromatic rings. The van der Waals surface area contributed by atoms with Crippen LogP contribution >= 0.6 is 11.8 Å². The van der Waals surface area contributed by atoms with E-state index in [4.69, 9.17) is 4.74 Å². The average Bonchev–Trinajstić information content (AvgIpc) is 2.99. The molecule has 2 saturated heterocycles. The number of thioether (sulfide) groups is 1. The number of para-hydroxylation sites is 2. The van der Waals surface area contributed by atoms with E-state index in [1.165, 1.54) is 11.8 Å². The number of anilines is 1. The van der Waals surface area contributed by atoms with Gasteiger partial charge in [0.1, 0.15) is 5.75 Å². The third-order valence-corrected chi connectivity index (χ3v) is 8.04. The molecule has 2 aliphatic rings. The number of hydrogen-bond donors (Lipinski definition) is 0. The van der Waals surface area contributed by atoms with Crippen LogP contribution in [0.5, 0.6) is 5.75 Å². The number of ether oxygens (including phenoxy) is 1. The zero-order valence-electron chi connectivity index (χ0n) is 15.1. The van der Waals surface area contributed by atoms with Crippen molar-refractivity contribution in [3.8, 4) is 5.75 Å². The fourth-order valence-corrected chi connectivity index (χ4v) is 6.91. The van der Waals surface area contributed by atoms with Gasteiger partial charge in [-0.3, -0.25) is 4.79 Å². The van der Waals surface area contributed by atoms with E-state index in [0.29, 0.717) is 31.9 Å². The predicted octanol–water partition coefficient (Wildman–Crippen LogP) is 1.65. The second kappa shape index (κ2) is 8.52. The van der Waals surface area contributed by atoms with Crippen LogP contribution in [0.1, 0.15) is 13.3 Å². The van der Waals surface area contributed by atoms with Crippen molar-refractivity contribution in [3.05, 3.63) is 24.3 Å². The summed E-state index contributed by atoms with van der Waals surface area (Å²) in [4.78, 5) is 16.6. The van der Waals surface area contributed by atoms with Crippen molar-refractivity contribution < 1.29 is 17.9 Å². The number of amides is 1. The Morgan fingerprint density at radius 3 is 2.62 bits per heavy atom. The fraction of sp³-hybridized carbons (Fsp3) is 0.611. The SMILES string of the molecule is CCOc1ccccc1N1CCN(C(=O)CS[C@@H]2CCS(=O)(=O)C2)CC1. The second-order valence-electron chi connectivity index (χ2n) is 6.60. The highest BCUT2D eigenvalue weighted by molar-refractivity contribution is 8.02. The van der Waals surface area contributed by atoms with Crippen LogP contribution < -0.4 is 9.64 Å². The number of sulfone groups is 1. The molecule has 2 fully saturated rings. The molecule has 3 rings (SSSR count). The van der Waals surface area contributed by atoms with Gasteiger partial charge >= 0.3 is 0 Å². The molecule has 1 atom stereocenters. The second-order valence-corrected chi connectivity index (χ2v) is 10.1. The number of nitrogens with zero attached hydrogens (tertiary/aromatic N) is 2. The Labute approximate surface area is 159 Å². The van der Waals surface area contributed by atoms with Crippen LogP contribution in [0.15, 0.2) is 24.3 Å². The Morgan fingerprint density at radius 1 is 1.23 bits per heavy atom. The molecular formula is C18H26N2O4S2. The van der Waals surface area contributed by atoms with Gasteiger partial charge in [-0.15, -0.1) is 11.8 Å². The molecule has 0 unspecified atom stereocenters. The molecule has 2 aliphatic heterocycles. The zero-order chi connectivity index (χ0) is 18.6. The molecule has 26 heavy (non-hydrogen) atoms. The monoisotopic (exact) mass is 398 g/mol. The quantitative estimate of drug-likeness (QED) is 0.726. The normalized spacial score (nSPS) is 22.4. The summed E-state index contributed by atoms with van der Waals surface area (Å²) in [6.45, 7) is 5.52. The summed E-state index contributed by atoms with van der Waals surface area (Å²) in [6.07, 6.45) is 0.669. The van der Waals surface area contributed by atoms with E-state index in [2.05, 4.69) is 11.0 Å². The molecule has 0 aliphatic carbocycles. The van der Waals surface area contributed by atoms with E-state index >= 15 is 0 Å². The van der Waals surface area contributed by atoms with Crippen LogP contribution in [0.4, 0.5) is 5.69 Å². The van der Waals surface area contributed by atoms with Crippen molar-refractivity contribution >= 4 is 33.2 Å². The van der Waals surface area contributed by atoms with Gasteiger partial charge in [0, 0.05) is 31.4 Å². The van der Waals surface area contributed by atoms with Crippen molar-refractivity contribution in [2.45, 2.75) is 18.6 Å². The summed E-state index contributed by atoms with van der Waals surface area (Å²) in [6, 6.07) is 8.00. The first kappa shape index (κ1) is 19.4. The summed E-state index contributed by atoms with van der Waals surface area (Å²) < 4.78 is 28.7. The van der Waals surface area contributed by atoms with Gasteiger partial charge in [0.05, 0.1) is 29.6 Å². The van der Waals surface area contributed by atoms with E-state index < -0.39 is 9.84 Å². The zero-order valence-corrected chi connectivity index (χ0v) is 16.7. The largest absolute Gasteiger partial charge is 0.492 e. The highest BCUT2D eigenvalue weighted by atomic mass is 32.2. The van der Waals surface area contributed by atoms with Crippen molar-refractivity contribution in [1.82, 2.24) is 4.90 Å². The van der Waals surface area contributed by atoms with E-state index in [1.807, 2.05) is 30.0 Å². The Morgan fingerprint density at radius 2 is 1.96 bits per heavy atom. The van der Waals surface area contributed by atoms with Crippen molar-refractivity contribution in [2.75, 3.05) is 54.9 Å². The molecule has 0 aromatic heterocycles. The Hall–Kier alpha value is -1.41. The smallest absolute Gasteiger partial charge is 0.232 e. The summed E-state index contributed by atoms with van der Waals surface area (Å²) in [7, 11) is -2.88. The first-order valence-electron chi connectivity index (χ1n) is 9.05. The highest BCUT2D eigenvalue weighted by Crippen LogP contribution is 2.29. The number of carbonyl (C=O) groups is 1. The lowest BCUT2D eigenvalue weighted by molar-refractivity contribution is -0.128. The minimum atomic E-state index is -2.88. The van der Waals surface area contributed by atoms with Crippen LogP contribution in [0.25, 0.3) is 0 Å². The van der Waals surface area contributed by atoms with Gasteiger partial charge in [-0.1, -0.05) is 12.1 Å². The lowest BCUT2D eigenvalue weighted by Gasteiger charge is -2.36. The Balaban J connectivity index is 1.48.